The standard InChI is InChI=1S/C17H23N5O2.ClH/c23-16(20-8-4-13-11-18-12-14(13)5-9-20)6-10-22-17(24)21-7-2-1-3-15(21)19-22;/h1-3,7,13-14,18H,4-6,8-12H2;1H/t13-,14+;. The van der Waals surface area contributed by atoms with Gasteiger partial charge < -0.3 is 10.2 Å². The highest BCUT2D eigenvalue weighted by molar-refractivity contribution is 5.85. The van der Waals surface area contributed by atoms with Crippen LogP contribution in [-0.2, 0) is 11.3 Å². The number of pyridine rings is 1. The second-order valence-corrected chi connectivity index (χ2v) is 6.82. The summed E-state index contributed by atoms with van der Waals surface area (Å²) in [7, 11) is 0. The van der Waals surface area contributed by atoms with Gasteiger partial charge in [0.1, 0.15) is 0 Å². The molecule has 2 atom stereocenters. The molecule has 1 amide bonds. The summed E-state index contributed by atoms with van der Waals surface area (Å²) >= 11 is 0. The van der Waals surface area contributed by atoms with Gasteiger partial charge in [0, 0.05) is 25.7 Å². The number of halogens is 1. The normalized spacial score (nSPS) is 23.1. The third kappa shape index (κ3) is 3.57. The number of nitrogens with zero attached hydrogens (tertiary/aromatic N) is 4. The molecule has 2 aromatic rings. The van der Waals surface area contributed by atoms with Gasteiger partial charge in [0.2, 0.25) is 5.91 Å². The highest BCUT2D eigenvalue weighted by Crippen LogP contribution is 2.27. The fourth-order valence-electron chi connectivity index (χ4n) is 3.94. The zero-order valence-corrected chi connectivity index (χ0v) is 15.0. The number of aryl methyl sites for hydroxylation is 1. The summed E-state index contributed by atoms with van der Waals surface area (Å²) in [5.74, 6) is 1.56. The van der Waals surface area contributed by atoms with Crippen LogP contribution >= 0.6 is 12.4 Å². The Morgan fingerprint density at radius 1 is 1.20 bits per heavy atom. The summed E-state index contributed by atoms with van der Waals surface area (Å²) in [6.45, 7) is 4.18. The summed E-state index contributed by atoms with van der Waals surface area (Å²) in [6.07, 6.45) is 4.19. The van der Waals surface area contributed by atoms with Gasteiger partial charge in [0.25, 0.3) is 0 Å². The molecule has 2 saturated heterocycles. The Hall–Kier alpha value is -1.86. The minimum Gasteiger partial charge on any atom is -0.343 e. The summed E-state index contributed by atoms with van der Waals surface area (Å²) in [5, 5.41) is 7.73. The van der Waals surface area contributed by atoms with Crippen LogP contribution in [-0.4, -0.2) is 51.2 Å². The fraction of sp³-hybridized carbons (Fsp3) is 0.588. The lowest BCUT2D eigenvalue weighted by molar-refractivity contribution is -0.131. The van der Waals surface area contributed by atoms with Gasteiger partial charge in [-0.2, -0.15) is 0 Å². The number of likely N-dealkylation sites (tertiary alicyclic amines) is 1. The largest absolute Gasteiger partial charge is 0.350 e. The molecule has 4 heterocycles. The highest BCUT2D eigenvalue weighted by Gasteiger charge is 2.31. The minimum absolute atomic E-state index is 0. The van der Waals surface area contributed by atoms with Crippen LogP contribution in [0.15, 0.2) is 29.2 Å². The predicted molar refractivity (Wildman–Crippen MR) is 97.0 cm³/mol. The second-order valence-electron chi connectivity index (χ2n) is 6.82. The van der Waals surface area contributed by atoms with E-state index in [1.807, 2.05) is 11.0 Å². The lowest BCUT2D eigenvalue weighted by Crippen LogP contribution is -2.34. The number of nitrogens with one attached hydrogen (secondary N) is 1. The van der Waals surface area contributed by atoms with Crippen molar-refractivity contribution in [2.75, 3.05) is 26.2 Å². The van der Waals surface area contributed by atoms with E-state index in [9.17, 15) is 9.59 Å². The van der Waals surface area contributed by atoms with Crippen molar-refractivity contribution < 1.29 is 4.79 Å². The molecular weight excluding hydrogens is 342 g/mol. The van der Waals surface area contributed by atoms with E-state index in [0.29, 0.717) is 30.4 Å². The molecule has 1 N–H and O–H groups in total. The first-order valence-electron chi connectivity index (χ1n) is 8.75. The third-order valence-corrected chi connectivity index (χ3v) is 5.40. The molecule has 25 heavy (non-hydrogen) atoms. The van der Waals surface area contributed by atoms with Gasteiger partial charge in [-0.25, -0.2) is 9.48 Å². The maximum absolute atomic E-state index is 12.5. The first-order valence-corrected chi connectivity index (χ1v) is 8.75. The van der Waals surface area contributed by atoms with Gasteiger partial charge >= 0.3 is 5.69 Å². The van der Waals surface area contributed by atoms with Crippen molar-refractivity contribution in [1.29, 1.82) is 0 Å². The van der Waals surface area contributed by atoms with Gasteiger partial charge in [-0.3, -0.25) is 9.20 Å². The summed E-state index contributed by atoms with van der Waals surface area (Å²) < 4.78 is 2.90. The first-order chi connectivity index (χ1) is 11.7. The first kappa shape index (κ1) is 17.9. The van der Waals surface area contributed by atoms with Crippen molar-refractivity contribution in [1.82, 2.24) is 24.4 Å². The number of hydrogen-bond acceptors (Lipinski definition) is 4. The zero-order chi connectivity index (χ0) is 16.5. The molecule has 2 fully saturated rings. The molecule has 0 bridgehead atoms. The summed E-state index contributed by atoms with van der Waals surface area (Å²) in [5.41, 5.74) is 0.430. The van der Waals surface area contributed by atoms with Crippen LogP contribution in [0.5, 0.6) is 0 Å². The molecule has 0 aromatic carbocycles. The van der Waals surface area contributed by atoms with E-state index >= 15 is 0 Å². The average molecular weight is 366 g/mol. The van der Waals surface area contributed by atoms with Crippen LogP contribution in [0.1, 0.15) is 19.3 Å². The van der Waals surface area contributed by atoms with Crippen LogP contribution in [0, 0.1) is 11.8 Å². The monoisotopic (exact) mass is 365 g/mol. The van der Waals surface area contributed by atoms with Crippen LogP contribution < -0.4 is 11.0 Å². The average Bonchev–Trinajstić information content (AvgIpc) is 3.12. The van der Waals surface area contributed by atoms with Gasteiger partial charge in [0.15, 0.2) is 5.65 Å². The Balaban J connectivity index is 0.00000182. The number of rotatable bonds is 3. The molecule has 2 aromatic heterocycles. The van der Waals surface area contributed by atoms with Crippen molar-refractivity contribution in [2.45, 2.75) is 25.8 Å². The fourth-order valence-corrected chi connectivity index (χ4v) is 3.94. The maximum Gasteiger partial charge on any atom is 0.350 e. The summed E-state index contributed by atoms with van der Waals surface area (Å²) in [6, 6.07) is 5.44. The number of fused-ring (bicyclic) bond motifs is 2. The molecule has 7 nitrogen and oxygen atoms in total. The molecule has 0 spiro atoms. The zero-order valence-electron chi connectivity index (χ0n) is 14.1. The number of carbonyl (C=O) groups excluding carboxylic acids is 1. The number of carbonyl (C=O) groups is 1. The van der Waals surface area contributed by atoms with Gasteiger partial charge in [-0.05, 0) is 49.9 Å². The number of amides is 1. The van der Waals surface area contributed by atoms with E-state index in [-0.39, 0.29) is 24.0 Å². The van der Waals surface area contributed by atoms with Crippen LogP contribution in [0.25, 0.3) is 5.65 Å². The van der Waals surface area contributed by atoms with Crippen molar-refractivity contribution in [3.8, 4) is 0 Å². The molecule has 2 aliphatic heterocycles. The Morgan fingerprint density at radius 2 is 1.92 bits per heavy atom. The van der Waals surface area contributed by atoms with E-state index in [2.05, 4.69) is 10.4 Å². The Morgan fingerprint density at radius 3 is 2.60 bits per heavy atom. The van der Waals surface area contributed by atoms with Crippen molar-refractivity contribution in [2.24, 2.45) is 11.8 Å². The molecule has 8 heteroatoms. The smallest absolute Gasteiger partial charge is 0.343 e. The molecule has 0 unspecified atom stereocenters. The van der Waals surface area contributed by atoms with Gasteiger partial charge in [-0.1, -0.05) is 6.07 Å². The van der Waals surface area contributed by atoms with Crippen LogP contribution in [0.2, 0.25) is 0 Å². The molecule has 0 saturated carbocycles. The molecule has 0 aliphatic carbocycles. The quantitative estimate of drug-likeness (QED) is 0.872. The lowest BCUT2D eigenvalue weighted by atomic mass is 9.92. The Kier molecular flexibility index (Phi) is 5.44. The topological polar surface area (TPSA) is 71.6 Å². The number of aromatic nitrogens is 3. The predicted octanol–water partition coefficient (Wildman–Crippen LogP) is 0.766. The highest BCUT2D eigenvalue weighted by atomic mass is 35.5. The van der Waals surface area contributed by atoms with Gasteiger partial charge in [-0.15, -0.1) is 17.5 Å². The van der Waals surface area contributed by atoms with E-state index < -0.39 is 0 Å². The van der Waals surface area contributed by atoms with Crippen molar-refractivity contribution >= 4 is 24.0 Å². The SMILES string of the molecule is Cl.O=C(CCn1nc2ccccn2c1=O)N1CC[C@@H]2CNC[C@@H]2CC1. The molecule has 136 valence electrons. The minimum atomic E-state index is -0.185. The number of hydrogen-bond donors (Lipinski definition) is 1. The maximum atomic E-state index is 12.5. The molecule has 2 aliphatic rings. The summed E-state index contributed by atoms with van der Waals surface area (Å²) in [4.78, 5) is 26.7. The second kappa shape index (κ2) is 7.58. The molecular formula is C17H24ClN5O2. The van der Waals surface area contributed by atoms with E-state index in [1.54, 1.807) is 18.3 Å². The third-order valence-electron chi connectivity index (χ3n) is 5.40. The van der Waals surface area contributed by atoms with E-state index in [0.717, 1.165) is 39.0 Å². The molecule has 0 radical (unpaired) electrons. The van der Waals surface area contributed by atoms with Crippen molar-refractivity contribution in [3.63, 3.8) is 0 Å². The van der Waals surface area contributed by atoms with Gasteiger partial charge in [0.05, 0.1) is 6.54 Å². The lowest BCUT2D eigenvalue weighted by Gasteiger charge is -2.20. The van der Waals surface area contributed by atoms with E-state index in [1.165, 1.54) is 9.08 Å². The van der Waals surface area contributed by atoms with Crippen molar-refractivity contribution in [3.05, 3.63) is 34.9 Å². The molecule has 4 rings (SSSR count). The Bertz CT molecular complexity index is 788. The van der Waals surface area contributed by atoms with Crippen LogP contribution in [0.4, 0.5) is 0 Å². The van der Waals surface area contributed by atoms with E-state index in [4.69, 9.17) is 0 Å². The van der Waals surface area contributed by atoms with Crippen LogP contribution in [0.3, 0.4) is 0 Å². The Labute approximate surface area is 152 Å².